The molecule has 25 heavy (non-hydrogen) atoms. The van der Waals surface area contributed by atoms with Crippen LogP contribution in [0.25, 0.3) is 6.08 Å². The van der Waals surface area contributed by atoms with Gasteiger partial charge in [-0.05, 0) is 59.1 Å². The first kappa shape index (κ1) is 19.4. The van der Waals surface area contributed by atoms with Crippen LogP contribution in [0.15, 0.2) is 62.6 Å². The topological polar surface area (TPSA) is 50.7 Å². The summed E-state index contributed by atoms with van der Waals surface area (Å²) < 4.78 is 7.31. The fourth-order valence-electron chi connectivity index (χ4n) is 2.01. The van der Waals surface area contributed by atoms with Crippen LogP contribution in [0.2, 0.25) is 0 Å². The molecule has 0 unspecified atom stereocenters. The summed E-state index contributed by atoms with van der Waals surface area (Å²) in [7, 11) is 0. The summed E-state index contributed by atoms with van der Waals surface area (Å²) in [4.78, 5) is 11.9. The van der Waals surface area contributed by atoms with Crippen LogP contribution in [0.1, 0.15) is 18.1 Å². The number of hydrogen-bond acceptors (Lipinski definition) is 3. The Bertz CT molecular complexity index is 779. The standard InChI is InChI=1S/C19H18Br2N2O2/c1-13-10-16(20)11-17(21)19(13)25-12-18(24)23-22-14(2)8-9-15-6-4-3-5-7-15/h3-11H,12H2,1-2H3,(H,23,24)/b9-8+,22-14-. The molecule has 0 heterocycles. The number of carbonyl (C=O) groups is 1. The summed E-state index contributed by atoms with van der Waals surface area (Å²) in [6.45, 7) is 3.62. The number of halogens is 2. The molecule has 130 valence electrons. The lowest BCUT2D eigenvalue weighted by Gasteiger charge is -2.11. The van der Waals surface area contributed by atoms with Crippen LogP contribution in [0.5, 0.6) is 5.75 Å². The van der Waals surface area contributed by atoms with Crippen molar-refractivity contribution < 1.29 is 9.53 Å². The second-order valence-electron chi connectivity index (χ2n) is 5.35. The zero-order valence-corrected chi connectivity index (χ0v) is 17.1. The highest BCUT2D eigenvalue weighted by molar-refractivity contribution is 9.11. The molecular formula is C19H18Br2N2O2. The van der Waals surface area contributed by atoms with Gasteiger partial charge in [-0.15, -0.1) is 0 Å². The number of nitrogens with zero attached hydrogens (tertiary/aromatic N) is 1. The van der Waals surface area contributed by atoms with Gasteiger partial charge < -0.3 is 4.74 Å². The summed E-state index contributed by atoms with van der Waals surface area (Å²) in [5, 5.41) is 4.04. The van der Waals surface area contributed by atoms with Gasteiger partial charge in [0.05, 0.1) is 10.2 Å². The lowest BCUT2D eigenvalue weighted by Crippen LogP contribution is -2.25. The van der Waals surface area contributed by atoms with Gasteiger partial charge in [-0.25, -0.2) is 5.43 Å². The zero-order valence-electron chi connectivity index (χ0n) is 13.9. The van der Waals surface area contributed by atoms with Crippen LogP contribution < -0.4 is 10.2 Å². The van der Waals surface area contributed by atoms with Crippen LogP contribution in [0, 0.1) is 6.92 Å². The third-order valence-corrected chi connectivity index (χ3v) is 4.26. The third-order valence-electron chi connectivity index (χ3n) is 3.22. The van der Waals surface area contributed by atoms with Crippen LogP contribution in [0.3, 0.4) is 0 Å². The normalized spacial score (nSPS) is 11.6. The molecule has 4 nitrogen and oxygen atoms in total. The minimum absolute atomic E-state index is 0.111. The molecule has 1 amide bonds. The van der Waals surface area contributed by atoms with Crippen molar-refractivity contribution in [2.45, 2.75) is 13.8 Å². The molecule has 0 saturated heterocycles. The Morgan fingerprint density at radius 3 is 2.64 bits per heavy atom. The van der Waals surface area contributed by atoms with E-state index >= 15 is 0 Å². The Labute approximate surface area is 164 Å². The Balaban J connectivity index is 1.87. The quantitative estimate of drug-likeness (QED) is 0.476. The number of nitrogens with one attached hydrogen (secondary N) is 1. The highest BCUT2D eigenvalue weighted by Crippen LogP contribution is 2.32. The van der Waals surface area contributed by atoms with Crippen molar-refractivity contribution in [1.82, 2.24) is 5.43 Å². The number of allylic oxidation sites excluding steroid dienone is 1. The number of hydrogen-bond donors (Lipinski definition) is 1. The first-order valence-electron chi connectivity index (χ1n) is 7.60. The van der Waals surface area contributed by atoms with Crippen LogP contribution in [-0.2, 0) is 4.79 Å². The Morgan fingerprint density at radius 2 is 1.96 bits per heavy atom. The number of hydrazone groups is 1. The minimum Gasteiger partial charge on any atom is -0.482 e. The van der Waals surface area contributed by atoms with Crippen molar-refractivity contribution in [3.63, 3.8) is 0 Å². The van der Waals surface area contributed by atoms with Crippen LogP contribution in [-0.4, -0.2) is 18.2 Å². The molecule has 0 aliphatic rings. The van der Waals surface area contributed by atoms with Crippen molar-refractivity contribution in [2.24, 2.45) is 5.10 Å². The zero-order chi connectivity index (χ0) is 18.2. The van der Waals surface area contributed by atoms with E-state index < -0.39 is 0 Å². The second kappa shape index (κ2) is 9.53. The maximum Gasteiger partial charge on any atom is 0.277 e. The average Bonchev–Trinajstić information content (AvgIpc) is 2.58. The van der Waals surface area contributed by atoms with Gasteiger partial charge in [-0.1, -0.05) is 52.3 Å². The van der Waals surface area contributed by atoms with Crippen LogP contribution in [0.4, 0.5) is 0 Å². The molecule has 0 aliphatic carbocycles. The summed E-state index contributed by atoms with van der Waals surface area (Å²) in [6, 6.07) is 13.7. The van der Waals surface area contributed by atoms with Gasteiger partial charge in [-0.3, -0.25) is 4.79 Å². The van der Waals surface area contributed by atoms with Crippen LogP contribution >= 0.6 is 31.9 Å². The highest BCUT2D eigenvalue weighted by atomic mass is 79.9. The molecule has 0 saturated carbocycles. The first-order chi connectivity index (χ1) is 12.0. The number of aryl methyl sites for hydroxylation is 1. The van der Waals surface area contributed by atoms with E-state index in [0.717, 1.165) is 20.1 Å². The van der Waals surface area contributed by atoms with Gasteiger partial charge in [0.1, 0.15) is 5.75 Å². The average molecular weight is 466 g/mol. The highest BCUT2D eigenvalue weighted by Gasteiger charge is 2.09. The molecular weight excluding hydrogens is 448 g/mol. The number of benzene rings is 2. The van der Waals surface area contributed by atoms with E-state index in [1.165, 1.54) is 0 Å². The molecule has 0 bridgehead atoms. The number of carbonyl (C=O) groups excluding carboxylic acids is 1. The fourth-order valence-corrected chi connectivity index (χ4v) is 3.56. The Kier molecular flexibility index (Phi) is 7.40. The van der Waals surface area contributed by atoms with Crippen molar-refractivity contribution in [3.8, 4) is 5.75 Å². The van der Waals surface area contributed by atoms with Gasteiger partial charge in [0.2, 0.25) is 0 Å². The predicted octanol–water partition coefficient (Wildman–Crippen LogP) is 5.10. The fraction of sp³-hybridized carbons (Fsp3) is 0.158. The summed E-state index contributed by atoms with van der Waals surface area (Å²) >= 11 is 6.84. The maximum atomic E-state index is 11.9. The van der Waals surface area contributed by atoms with E-state index in [2.05, 4.69) is 42.4 Å². The van der Waals surface area contributed by atoms with Crippen molar-refractivity contribution >= 4 is 49.6 Å². The van der Waals surface area contributed by atoms with E-state index in [-0.39, 0.29) is 12.5 Å². The van der Waals surface area contributed by atoms with Gasteiger partial charge in [-0.2, -0.15) is 5.10 Å². The Morgan fingerprint density at radius 1 is 1.24 bits per heavy atom. The van der Waals surface area contributed by atoms with E-state index in [9.17, 15) is 4.79 Å². The van der Waals surface area contributed by atoms with Crippen molar-refractivity contribution in [1.29, 1.82) is 0 Å². The molecule has 0 fully saturated rings. The minimum atomic E-state index is -0.318. The lowest BCUT2D eigenvalue weighted by atomic mass is 10.2. The van der Waals surface area contributed by atoms with Gasteiger partial charge in [0.15, 0.2) is 6.61 Å². The molecule has 1 N–H and O–H groups in total. The summed E-state index contributed by atoms with van der Waals surface area (Å²) in [5.74, 6) is 0.324. The molecule has 0 radical (unpaired) electrons. The first-order valence-corrected chi connectivity index (χ1v) is 9.19. The molecule has 0 aliphatic heterocycles. The van der Waals surface area contributed by atoms with E-state index in [4.69, 9.17) is 4.74 Å². The lowest BCUT2D eigenvalue weighted by molar-refractivity contribution is -0.123. The molecule has 2 aromatic carbocycles. The van der Waals surface area contributed by atoms with Gasteiger partial charge in [0.25, 0.3) is 5.91 Å². The molecule has 2 rings (SSSR count). The molecule has 0 spiro atoms. The van der Waals surface area contributed by atoms with Crippen molar-refractivity contribution in [3.05, 3.63) is 68.6 Å². The third kappa shape index (κ3) is 6.48. The number of ether oxygens (including phenoxy) is 1. The second-order valence-corrected chi connectivity index (χ2v) is 7.12. The van der Waals surface area contributed by atoms with Gasteiger partial charge in [0, 0.05) is 4.47 Å². The molecule has 6 heteroatoms. The Hall–Kier alpha value is -1.92. The maximum absolute atomic E-state index is 11.9. The monoisotopic (exact) mass is 464 g/mol. The number of amides is 1. The summed E-state index contributed by atoms with van der Waals surface area (Å²) in [6.07, 6.45) is 3.77. The molecule has 0 atom stereocenters. The van der Waals surface area contributed by atoms with E-state index in [0.29, 0.717) is 11.5 Å². The predicted molar refractivity (Wildman–Crippen MR) is 109 cm³/mol. The van der Waals surface area contributed by atoms with Crippen molar-refractivity contribution in [2.75, 3.05) is 6.61 Å². The summed E-state index contributed by atoms with van der Waals surface area (Å²) in [5.41, 5.74) is 5.18. The molecule has 2 aromatic rings. The number of rotatable bonds is 6. The van der Waals surface area contributed by atoms with E-state index in [1.54, 1.807) is 0 Å². The van der Waals surface area contributed by atoms with E-state index in [1.807, 2.05) is 68.5 Å². The largest absolute Gasteiger partial charge is 0.482 e. The molecule has 0 aromatic heterocycles. The SMILES string of the molecule is CC(/C=C/c1ccccc1)=N/NC(=O)COc1c(C)cc(Br)cc1Br. The smallest absolute Gasteiger partial charge is 0.277 e. The van der Waals surface area contributed by atoms with Gasteiger partial charge >= 0.3 is 0 Å².